The summed E-state index contributed by atoms with van der Waals surface area (Å²) in [5.41, 5.74) is 3.02. The van der Waals surface area contributed by atoms with Crippen LogP contribution < -0.4 is 15.7 Å². The molecule has 4 heterocycles. The number of nitrogens with zero attached hydrogens (tertiary/aromatic N) is 2. The SMILES string of the molecule is CC1(C)OB(c2ccc(N3CCC(N4CCC(c5ccc(C6CCC(=O)NC6=O)cc5F)CC4)CC3)cc2)OC1(C)C. The van der Waals surface area contributed by atoms with Crippen LogP contribution >= 0.6 is 0 Å². The largest absolute Gasteiger partial charge is 0.494 e. The number of benzene rings is 2. The van der Waals surface area contributed by atoms with Gasteiger partial charge in [-0.3, -0.25) is 14.9 Å². The number of likely N-dealkylation sites (tertiary alicyclic amines) is 1. The number of imide groups is 1. The zero-order chi connectivity index (χ0) is 29.6. The Hall–Kier alpha value is -2.75. The van der Waals surface area contributed by atoms with E-state index in [0.29, 0.717) is 24.4 Å². The van der Waals surface area contributed by atoms with Gasteiger partial charge >= 0.3 is 7.12 Å². The molecule has 0 aromatic heterocycles. The number of carbonyl (C=O) groups excluding carboxylic acids is 2. The summed E-state index contributed by atoms with van der Waals surface area (Å²) in [6.07, 6.45) is 4.86. The van der Waals surface area contributed by atoms with Gasteiger partial charge in [0.15, 0.2) is 0 Å². The van der Waals surface area contributed by atoms with Crippen LogP contribution in [-0.4, -0.2) is 67.3 Å². The van der Waals surface area contributed by atoms with E-state index in [2.05, 4.69) is 67.1 Å². The molecule has 0 saturated carbocycles. The zero-order valence-corrected chi connectivity index (χ0v) is 25.3. The highest BCUT2D eigenvalue weighted by atomic mass is 19.1. The minimum atomic E-state index is -0.452. The van der Waals surface area contributed by atoms with Gasteiger partial charge in [-0.1, -0.05) is 24.3 Å². The van der Waals surface area contributed by atoms with Crippen molar-refractivity contribution >= 4 is 30.1 Å². The summed E-state index contributed by atoms with van der Waals surface area (Å²) in [4.78, 5) is 28.8. The summed E-state index contributed by atoms with van der Waals surface area (Å²) in [7, 11) is -0.338. The maximum atomic E-state index is 15.2. The van der Waals surface area contributed by atoms with Crippen molar-refractivity contribution in [2.75, 3.05) is 31.1 Å². The second-order valence-corrected chi connectivity index (χ2v) is 13.5. The molecule has 9 heteroatoms. The summed E-state index contributed by atoms with van der Waals surface area (Å²) in [5.74, 6) is -1.06. The molecule has 42 heavy (non-hydrogen) atoms. The van der Waals surface area contributed by atoms with Crippen molar-refractivity contribution < 1.29 is 23.3 Å². The van der Waals surface area contributed by atoms with Crippen LogP contribution in [-0.2, 0) is 18.9 Å². The number of nitrogens with one attached hydrogen (secondary N) is 1. The van der Waals surface area contributed by atoms with Crippen LogP contribution in [0.1, 0.15) is 89.2 Å². The molecule has 4 aliphatic rings. The Bertz CT molecular complexity index is 1300. The molecule has 4 fully saturated rings. The Balaban J connectivity index is 0.989. The highest BCUT2D eigenvalue weighted by Gasteiger charge is 2.51. The Morgan fingerprint density at radius 1 is 0.857 bits per heavy atom. The average Bonchev–Trinajstić information content (AvgIpc) is 3.19. The first-order valence-corrected chi connectivity index (χ1v) is 15.6. The van der Waals surface area contributed by atoms with Crippen LogP contribution in [0.4, 0.5) is 10.1 Å². The fourth-order valence-corrected chi connectivity index (χ4v) is 6.99. The maximum Gasteiger partial charge on any atom is 0.494 e. The smallest absolute Gasteiger partial charge is 0.399 e. The van der Waals surface area contributed by atoms with Gasteiger partial charge in [0.2, 0.25) is 11.8 Å². The monoisotopic (exact) mass is 575 g/mol. The molecule has 0 aliphatic carbocycles. The lowest BCUT2D eigenvalue weighted by Gasteiger charge is -2.42. The van der Waals surface area contributed by atoms with E-state index in [4.69, 9.17) is 9.31 Å². The van der Waals surface area contributed by atoms with Crippen LogP contribution in [0.15, 0.2) is 42.5 Å². The molecule has 1 unspecified atom stereocenters. The summed E-state index contributed by atoms with van der Waals surface area (Å²) in [6, 6.07) is 14.5. The van der Waals surface area contributed by atoms with Crippen molar-refractivity contribution in [2.45, 2.75) is 95.3 Å². The molecule has 0 bridgehead atoms. The highest BCUT2D eigenvalue weighted by Crippen LogP contribution is 2.37. The molecule has 0 radical (unpaired) electrons. The number of rotatable bonds is 5. The van der Waals surface area contributed by atoms with Crippen molar-refractivity contribution in [3.8, 4) is 0 Å². The first kappa shape index (κ1) is 29.3. The van der Waals surface area contributed by atoms with Gasteiger partial charge in [0, 0.05) is 31.2 Å². The number of amides is 2. The molecule has 2 aromatic carbocycles. The number of carbonyl (C=O) groups is 2. The van der Waals surface area contributed by atoms with Crippen LogP contribution in [0, 0.1) is 5.82 Å². The number of anilines is 1. The molecule has 6 rings (SSSR count). The summed E-state index contributed by atoms with van der Waals surface area (Å²) >= 11 is 0. The van der Waals surface area contributed by atoms with Crippen LogP contribution in [0.2, 0.25) is 0 Å². The van der Waals surface area contributed by atoms with Gasteiger partial charge in [-0.25, -0.2) is 4.39 Å². The van der Waals surface area contributed by atoms with Crippen LogP contribution in [0.5, 0.6) is 0 Å². The maximum absolute atomic E-state index is 15.2. The summed E-state index contributed by atoms with van der Waals surface area (Å²) < 4.78 is 27.6. The fourth-order valence-electron chi connectivity index (χ4n) is 6.99. The van der Waals surface area contributed by atoms with Crippen molar-refractivity contribution in [3.63, 3.8) is 0 Å². The minimum absolute atomic E-state index is 0.194. The number of hydrogen-bond donors (Lipinski definition) is 1. The third-order valence-corrected chi connectivity index (χ3v) is 10.4. The highest BCUT2D eigenvalue weighted by molar-refractivity contribution is 6.62. The lowest BCUT2D eigenvalue weighted by atomic mass is 9.79. The van der Waals surface area contributed by atoms with E-state index >= 15 is 4.39 Å². The summed E-state index contributed by atoms with van der Waals surface area (Å²) in [6.45, 7) is 12.3. The van der Waals surface area contributed by atoms with E-state index in [1.807, 2.05) is 12.1 Å². The van der Waals surface area contributed by atoms with Crippen molar-refractivity contribution in [3.05, 3.63) is 59.4 Å². The van der Waals surface area contributed by atoms with Gasteiger partial charge in [0.05, 0.1) is 17.1 Å². The van der Waals surface area contributed by atoms with E-state index in [9.17, 15) is 9.59 Å². The van der Waals surface area contributed by atoms with Crippen molar-refractivity contribution in [2.24, 2.45) is 0 Å². The molecule has 0 spiro atoms. The average molecular weight is 576 g/mol. The van der Waals surface area contributed by atoms with Gasteiger partial charge in [0.25, 0.3) is 0 Å². The van der Waals surface area contributed by atoms with Gasteiger partial charge < -0.3 is 19.1 Å². The Kier molecular flexibility index (Phi) is 7.96. The van der Waals surface area contributed by atoms with Gasteiger partial charge in [0.1, 0.15) is 5.82 Å². The topological polar surface area (TPSA) is 71.1 Å². The van der Waals surface area contributed by atoms with E-state index < -0.39 is 5.92 Å². The predicted molar refractivity (Wildman–Crippen MR) is 162 cm³/mol. The molecule has 224 valence electrons. The molecule has 7 nitrogen and oxygen atoms in total. The molecule has 2 aromatic rings. The number of halogens is 1. The number of hydrogen-bond acceptors (Lipinski definition) is 6. The first-order valence-electron chi connectivity index (χ1n) is 15.6. The standard InChI is InChI=1S/C33H43BFN3O4/c1-32(2)33(3,4)42-34(41-32)24-6-8-25(9-7-24)38-19-15-26(16-20-38)37-17-13-22(14-18-37)27-10-5-23(21-29(27)35)28-11-12-30(39)36-31(28)40/h5-10,21-22,26,28H,11-20H2,1-4H3,(H,36,39,40). The predicted octanol–water partition coefficient (Wildman–Crippen LogP) is 4.49. The molecule has 2 amide bonds. The van der Waals surface area contributed by atoms with E-state index in [-0.39, 0.29) is 41.9 Å². The second-order valence-electron chi connectivity index (χ2n) is 13.5. The Labute approximate surface area is 249 Å². The van der Waals surface area contributed by atoms with Gasteiger partial charge in [-0.05, 0) is 114 Å². The third-order valence-electron chi connectivity index (χ3n) is 10.4. The normalized spacial score (nSPS) is 25.6. The lowest BCUT2D eigenvalue weighted by molar-refractivity contribution is -0.134. The summed E-state index contributed by atoms with van der Waals surface area (Å²) in [5, 5.41) is 2.37. The second kappa shape index (κ2) is 11.4. The van der Waals surface area contributed by atoms with Gasteiger partial charge in [-0.2, -0.15) is 0 Å². The quantitative estimate of drug-likeness (QED) is 0.419. The fraction of sp³-hybridized carbons (Fsp3) is 0.576. The van der Waals surface area contributed by atoms with E-state index in [0.717, 1.165) is 62.9 Å². The van der Waals surface area contributed by atoms with Crippen LogP contribution in [0.3, 0.4) is 0 Å². The molecule has 4 saturated heterocycles. The van der Waals surface area contributed by atoms with Gasteiger partial charge in [-0.15, -0.1) is 0 Å². The van der Waals surface area contributed by atoms with Crippen molar-refractivity contribution in [1.82, 2.24) is 10.2 Å². The molecule has 4 aliphatic heterocycles. The third kappa shape index (κ3) is 5.75. The van der Waals surface area contributed by atoms with Crippen molar-refractivity contribution in [1.29, 1.82) is 0 Å². The minimum Gasteiger partial charge on any atom is -0.399 e. The molecule has 1 atom stereocenters. The van der Waals surface area contributed by atoms with E-state index in [1.165, 1.54) is 11.8 Å². The Morgan fingerprint density at radius 2 is 1.50 bits per heavy atom. The van der Waals surface area contributed by atoms with E-state index in [1.54, 1.807) is 0 Å². The molecular weight excluding hydrogens is 532 g/mol. The zero-order valence-electron chi connectivity index (χ0n) is 25.3. The Morgan fingerprint density at radius 3 is 2.10 bits per heavy atom. The molecular formula is C33H43BFN3O4. The molecule has 1 N–H and O–H groups in total. The first-order chi connectivity index (χ1) is 20.0. The van der Waals surface area contributed by atoms with Crippen LogP contribution in [0.25, 0.3) is 0 Å². The number of piperidine rings is 3. The lowest BCUT2D eigenvalue weighted by Crippen LogP contribution is -2.47.